The summed E-state index contributed by atoms with van der Waals surface area (Å²) in [5.41, 5.74) is 7.27. The van der Waals surface area contributed by atoms with Gasteiger partial charge in [0.15, 0.2) is 0 Å². The number of carbonyl (C=O) groups excluding carboxylic acids is 1. The van der Waals surface area contributed by atoms with Crippen LogP contribution in [0, 0.1) is 0 Å². The van der Waals surface area contributed by atoms with Crippen molar-refractivity contribution in [1.29, 1.82) is 0 Å². The van der Waals surface area contributed by atoms with Crippen molar-refractivity contribution < 1.29 is 13.2 Å². The van der Waals surface area contributed by atoms with E-state index >= 15 is 0 Å². The van der Waals surface area contributed by atoms with Gasteiger partial charge in [0.25, 0.3) is 5.91 Å². The second-order valence-corrected chi connectivity index (χ2v) is 8.10. The van der Waals surface area contributed by atoms with Crippen molar-refractivity contribution in [3.05, 3.63) is 35.4 Å². The van der Waals surface area contributed by atoms with Crippen LogP contribution in [0.4, 0.5) is 0 Å². The Bertz CT molecular complexity index is 620. The van der Waals surface area contributed by atoms with Gasteiger partial charge in [-0.15, -0.1) is 0 Å². The van der Waals surface area contributed by atoms with Gasteiger partial charge in [0.2, 0.25) is 10.0 Å². The van der Waals surface area contributed by atoms with Gasteiger partial charge in [-0.3, -0.25) is 4.79 Å². The highest BCUT2D eigenvalue weighted by molar-refractivity contribution is 7.89. The summed E-state index contributed by atoms with van der Waals surface area (Å²) in [6, 6.07) is 7.43. The highest BCUT2D eigenvalue weighted by Gasteiger charge is 2.20. The fourth-order valence-electron chi connectivity index (χ4n) is 2.60. The molecule has 0 atom stereocenters. The predicted molar refractivity (Wildman–Crippen MR) is 90.4 cm³/mol. The van der Waals surface area contributed by atoms with E-state index in [4.69, 9.17) is 5.73 Å². The lowest BCUT2D eigenvalue weighted by atomic mass is 9.91. The first-order valence-electron chi connectivity index (χ1n) is 8.02. The third-order valence-corrected chi connectivity index (χ3v) is 5.54. The smallest absolute Gasteiger partial charge is 0.251 e. The molecule has 4 N–H and O–H groups in total. The summed E-state index contributed by atoms with van der Waals surface area (Å²) >= 11 is 0. The van der Waals surface area contributed by atoms with Gasteiger partial charge in [0, 0.05) is 24.2 Å². The topological polar surface area (TPSA) is 101 Å². The zero-order chi connectivity index (χ0) is 16.9. The van der Waals surface area contributed by atoms with Crippen LogP contribution < -0.4 is 15.8 Å². The number of amides is 1. The van der Waals surface area contributed by atoms with Crippen molar-refractivity contribution in [2.24, 2.45) is 5.73 Å². The molecule has 1 saturated carbocycles. The molecule has 0 radical (unpaired) electrons. The standard InChI is InChI=1S/C16H25N3O3S/c1-2-23(21,22)18-11-12-3-5-13(6-4-12)16(20)19-15-9-7-14(17)8-10-15/h3-6,14-15,18H,2,7-11,17H2,1H3,(H,19,20). The van der Waals surface area contributed by atoms with Gasteiger partial charge in [0.1, 0.15) is 0 Å². The number of benzene rings is 1. The van der Waals surface area contributed by atoms with E-state index in [0.717, 1.165) is 31.2 Å². The van der Waals surface area contributed by atoms with Gasteiger partial charge in [-0.1, -0.05) is 12.1 Å². The zero-order valence-corrected chi connectivity index (χ0v) is 14.2. The van der Waals surface area contributed by atoms with Crippen LogP contribution in [0.5, 0.6) is 0 Å². The second-order valence-electron chi connectivity index (χ2n) is 6.01. The summed E-state index contributed by atoms with van der Waals surface area (Å²) in [5, 5.41) is 3.03. The number of hydrogen-bond donors (Lipinski definition) is 3. The van der Waals surface area contributed by atoms with Crippen molar-refractivity contribution in [2.45, 2.75) is 51.2 Å². The van der Waals surface area contributed by atoms with E-state index in [1.165, 1.54) is 0 Å². The first-order chi connectivity index (χ1) is 10.9. The Morgan fingerprint density at radius 1 is 1.17 bits per heavy atom. The Labute approximate surface area is 137 Å². The fraction of sp³-hybridized carbons (Fsp3) is 0.562. The molecule has 0 saturated heterocycles. The molecule has 2 rings (SSSR count). The highest BCUT2D eigenvalue weighted by atomic mass is 32.2. The molecular formula is C16H25N3O3S. The molecule has 6 nitrogen and oxygen atoms in total. The molecule has 7 heteroatoms. The van der Waals surface area contributed by atoms with E-state index in [9.17, 15) is 13.2 Å². The molecule has 1 amide bonds. The van der Waals surface area contributed by atoms with E-state index in [1.807, 2.05) is 0 Å². The molecule has 23 heavy (non-hydrogen) atoms. The Morgan fingerprint density at radius 2 is 1.78 bits per heavy atom. The average Bonchev–Trinajstić information content (AvgIpc) is 2.55. The van der Waals surface area contributed by atoms with Gasteiger partial charge in [-0.05, 0) is 50.3 Å². The van der Waals surface area contributed by atoms with Crippen LogP contribution >= 0.6 is 0 Å². The Kier molecular flexibility index (Phi) is 6.15. The first kappa shape index (κ1) is 17.9. The maximum atomic E-state index is 12.2. The summed E-state index contributed by atoms with van der Waals surface area (Å²) in [5.74, 6) is -0.0374. The summed E-state index contributed by atoms with van der Waals surface area (Å²) in [4.78, 5) is 12.2. The van der Waals surface area contributed by atoms with Gasteiger partial charge in [-0.2, -0.15) is 0 Å². The van der Waals surface area contributed by atoms with E-state index in [1.54, 1.807) is 31.2 Å². The molecule has 1 aliphatic rings. The number of nitrogens with one attached hydrogen (secondary N) is 2. The van der Waals surface area contributed by atoms with Crippen molar-refractivity contribution in [3.63, 3.8) is 0 Å². The van der Waals surface area contributed by atoms with Crippen LogP contribution in [-0.2, 0) is 16.6 Å². The van der Waals surface area contributed by atoms with Gasteiger partial charge < -0.3 is 11.1 Å². The van der Waals surface area contributed by atoms with Gasteiger partial charge in [0.05, 0.1) is 5.75 Å². The van der Waals surface area contributed by atoms with Crippen molar-refractivity contribution in [2.75, 3.05) is 5.75 Å². The SMILES string of the molecule is CCS(=O)(=O)NCc1ccc(C(=O)NC2CCC(N)CC2)cc1. The lowest BCUT2D eigenvalue weighted by Gasteiger charge is -2.26. The molecule has 0 aliphatic heterocycles. The van der Waals surface area contributed by atoms with Crippen LogP contribution in [0.3, 0.4) is 0 Å². The summed E-state index contributed by atoms with van der Waals surface area (Å²) < 4.78 is 25.3. The van der Waals surface area contributed by atoms with Crippen molar-refractivity contribution >= 4 is 15.9 Å². The number of nitrogens with two attached hydrogens (primary N) is 1. The summed E-state index contributed by atoms with van der Waals surface area (Å²) in [7, 11) is -3.21. The third kappa shape index (κ3) is 5.60. The molecule has 0 bridgehead atoms. The minimum Gasteiger partial charge on any atom is -0.349 e. The number of sulfonamides is 1. The number of hydrogen-bond acceptors (Lipinski definition) is 4. The van der Waals surface area contributed by atoms with Gasteiger partial charge >= 0.3 is 0 Å². The molecule has 1 aliphatic carbocycles. The monoisotopic (exact) mass is 339 g/mol. The first-order valence-corrected chi connectivity index (χ1v) is 9.67. The third-order valence-electron chi connectivity index (χ3n) is 4.20. The lowest BCUT2D eigenvalue weighted by molar-refractivity contribution is 0.0926. The molecule has 1 aromatic carbocycles. The normalized spacial score (nSPS) is 21.8. The van der Waals surface area contributed by atoms with Crippen molar-refractivity contribution in [3.8, 4) is 0 Å². The van der Waals surface area contributed by atoms with Crippen LogP contribution in [0.25, 0.3) is 0 Å². The predicted octanol–water partition coefficient (Wildman–Crippen LogP) is 1.13. The van der Waals surface area contributed by atoms with E-state index in [2.05, 4.69) is 10.0 Å². The Hall–Kier alpha value is -1.44. The van der Waals surface area contributed by atoms with Crippen LogP contribution in [-0.4, -0.2) is 32.2 Å². The molecule has 0 heterocycles. The Balaban J connectivity index is 1.87. The van der Waals surface area contributed by atoms with E-state index in [0.29, 0.717) is 5.56 Å². The zero-order valence-electron chi connectivity index (χ0n) is 13.4. The quantitative estimate of drug-likeness (QED) is 0.723. The minimum atomic E-state index is -3.21. The minimum absolute atomic E-state index is 0.0541. The fourth-order valence-corrected chi connectivity index (χ4v) is 3.19. The maximum Gasteiger partial charge on any atom is 0.251 e. The van der Waals surface area contributed by atoms with Crippen LogP contribution in [0.2, 0.25) is 0 Å². The second kappa shape index (κ2) is 7.90. The molecule has 0 aromatic heterocycles. The van der Waals surface area contributed by atoms with Crippen molar-refractivity contribution in [1.82, 2.24) is 10.0 Å². The molecule has 0 spiro atoms. The van der Waals surface area contributed by atoms with Crippen LogP contribution in [0.15, 0.2) is 24.3 Å². The summed E-state index contributed by atoms with van der Waals surface area (Å²) in [6.07, 6.45) is 3.73. The van der Waals surface area contributed by atoms with E-state index < -0.39 is 10.0 Å². The molecule has 1 aromatic rings. The molecule has 0 unspecified atom stereocenters. The van der Waals surface area contributed by atoms with E-state index in [-0.39, 0.29) is 30.3 Å². The largest absolute Gasteiger partial charge is 0.349 e. The number of carbonyl (C=O) groups is 1. The highest BCUT2D eigenvalue weighted by Crippen LogP contribution is 2.17. The maximum absolute atomic E-state index is 12.2. The Morgan fingerprint density at radius 3 is 2.35 bits per heavy atom. The molecule has 1 fully saturated rings. The number of rotatable bonds is 6. The van der Waals surface area contributed by atoms with Crippen LogP contribution in [0.1, 0.15) is 48.5 Å². The molecular weight excluding hydrogens is 314 g/mol. The molecule has 128 valence electrons. The van der Waals surface area contributed by atoms with Gasteiger partial charge in [-0.25, -0.2) is 13.1 Å². The average molecular weight is 339 g/mol. The lowest BCUT2D eigenvalue weighted by Crippen LogP contribution is -2.40. The summed E-state index contributed by atoms with van der Waals surface area (Å²) in [6.45, 7) is 1.83.